The zero-order valence-electron chi connectivity index (χ0n) is 9.01. The zero-order chi connectivity index (χ0) is 9.52. The normalized spacial score (nSPS) is 21.9. The Labute approximate surface area is 85.0 Å². The molecule has 1 unspecified atom stereocenters. The van der Waals surface area contributed by atoms with Crippen molar-refractivity contribution in [2.75, 3.05) is 6.54 Å². The molecule has 0 saturated heterocycles. The maximum absolute atomic E-state index is 5.52. The summed E-state index contributed by atoms with van der Waals surface area (Å²) in [5.41, 5.74) is 0. The molecule has 0 heterocycles. The molecule has 1 N–H and O–H groups in total. The summed E-state index contributed by atoms with van der Waals surface area (Å²) in [5, 5.41) is 3.39. The molecule has 0 aromatic heterocycles. The van der Waals surface area contributed by atoms with E-state index in [1.54, 1.807) is 0 Å². The van der Waals surface area contributed by atoms with Crippen LogP contribution in [-0.4, -0.2) is 23.3 Å². The van der Waals surface area contributed by atoms with Crippen LogP contribution >= 0.6 is 0 Å². The van der Waals surface area contributed by atoms with E-state index in [1.165, 1.54) is 38.5 Å². The first-order valence-electron chi connectivity index (χ1n) is 5.63. The van der Waals surface area contributed by atoms with Crippen LogP contribution in [0, 0.1) is 5.92 Å². The maximum atomic E-state index is 5.52. The van der Waals surface area contributed by atoms with Gasteiger partial charge in [-0.2, -0.15) is 0 Å². The highest BCUT2D eigenvalue weighted by Crippen LogP contribution is 2.27. The molecule has 2 nitrogen and oxygen atoms in total. The molecule has 1 saturated carbocycles. The van der Waals surface area contributed by atoms with Gasteiger partial charge in [0.2, 0.25) is 0 Å². The van der Waals surface area contributed by atoms with Crippen LogP contribution in [0.4, 0.5) is 0 Å². The van der Waals surface area contributed by atoms with Crippen LogP contribution in [0.3, 0.4) is 0 Å². The first kappa shape index (κ1) is 11.2. The highest BCUT2D eigenvalue weighted by atomic mass is 28.2. The van der Waals surface area contributed by atoms with Gasteiger partial charge in [0.1, 0.15) is 10.5 Å². The summed E-state index contributed by atoms with van der Waals surface area (Å²) in [6, 6.07) is 0. The second kappa shape index (κ2) is 6.57. The van der Waals surface area contributed by atoms with Gasteiger partial charge in [-0.25, -0.2) is 0 Å². The van der Waals surface area contributed by atoms with Crippen LogP contribution in [-0.2, 0) is 4.43 Å². The fourth-order valence-electron chi connectivity index (χ4n) is 2.22. The molecule has 0 radical (unpaired) electrons. The molecule has 0 bridgehead atoms. The highest BCUT2D eigenvalue weighted by molar-refractivity contribution is 5.98. The van der Waals surface area contributed by atoms with Gasteiger partial charge in [-0.15, -0.1) is 0 Å². The minimum absolute atomic E-state index is 0.347. The summed E-state index contributed by atoms with van der Waals surface area (Å²) in [6.07, 6.45) is 8.75. The van der Waals surface area contributed by atoms with Gasteiger partial charge in [0, 0.05) is 0 Å². The van der Waals surface area contributed by atoms with Crippen molar-refractivity contribution in [3.8, 4) is 0 Å². The largest absolute Gasteiger partial charge is 0.413 e. The van der Waals surface area contributed by atoms with E-state index in [0.29, 0.717) is 6.23 Å². The molecule has 1 rings (SSSR count). The van der Waals surface area contributed by atoms with Crippen LogP contribution in [0.2, 0.25) is 0 Å². The molecule has 0 aromatic rings. The van der Waals surface area contributed by atoms with E-state index in [-0.39, 0.29) is 0 Å². The van der Waals surface area contributed by atoms with Crippen molar-refractivity contribution < 1.29 is 4.43 Å². The molecule has 1 fully saturated rings. The number of rotatable bonds is 5. The highest BCUT2D eigenvalue weighted by Gasteiger charge is 2.17. The zero-order valence-corrected chi connectivity index (χ0v) is 11.0. The second-order valence-electron chi connectivity index (χ2n) is 4.02. The number of hydrogen-bond acceptors (Lipinski definition) is 2. The van der Waals surface area contributed by atoms with Crippen LogP contribution in [0.1, 0.15) is 45.4 Å². The van der Waals surface area contributed by atoms with Gasteiger partial charge in [0.15, 0.2) is 0 Å². The van der Waals surface area contributed by atoms with Gasteiger partial charge in [-0.1, -0.05) is 39.0 Å². The third-order valence-electron chi connectivity index (χ3n) is 2.99. The molecule has 1 aliphatic carbocycles. The molecule has 1 atom stereocenters. The summed E-state index contributed by atoms with van der Waals surface area (Å²) in [5.74, 6) is 0.923. The number of nitrogens with one attached hydrogen (secondary N) is 1. The lowest BCUT2D eigenvalue weighted by atomic mass is 9.86. The molecule has 78 valence electrons. The van der Waals surface area contributed by atoms with Crippen LogP contribution < -0.4 is 5.32 Å². The Morgan fingerprint density at radius 2 is 2.08 bits per heavy atom. The van der Waals surface area contributed by atoms with Crippen molar-refractivity contribution in [3.05, 3.63) is 0 Å². The summed E-state index contributed by atoms with van der Waals surface area (Å²) < 4.78 is 5.52. The molecule has 13 heavy (non-hydrogen) atoms. The molecule has 1 aliphatic rings. The SMILES string of the molecule is CCNC(CC1CCCCC1)O[SiH3]. The van der Waals surface area contributed by atoms with E-state index in [4.69, 9.17) is 4.43 Å². The van der Waals surface area contributed by atoms with Crippen LogP contribution in [0.15, 0.2) is 0 Å². The van der Waals surface area contributed by atoms with Crippen molar-refractivity contribution in [1.29, 1.82) is 0 Å². The lowest BCUT2D eigenvalue weighted by Crippen LogP contribution is -2.33. The lowest BCUT2D eigenvalue weighted by Gasteiger charge is -2.26. The third-order valence-corrected chi connectivity index (χ3v) is 3.56. The maximum Gasteiger partial charge on any atom is 0.148 e. The summed E-state index contributed by atoms with van der Waals surface area (Å²) >= 11 is 0. The minimum Gasteiger partial charge on any atom is -0.413 e. The van der Waals surface area contributed by atoms with Crippen molar-refractivity contribution in [3.63, 3.8) is 0 Å². The molecular weight excluding hydrogens is 178 g/mol. The smallest absolute Gasteiger partial charge is 0.148 e. The predicted molar refractivity (Wildman–Crippen MR) is 59.7 cm³/mol. The van der Waals surface area contributed by atoms with Crippen molar-refractivity contribution in [2.45, 2.75) is 51.7 Å². The van der Waals surface area contributed by atoms with Crippen LogP contribution in [0.25, 0.3) is 0 Å². The molecule has 0 amide bonds. The summed E-state index contributed by atoms with van der Waals surface area (Å²) in [4.78, 5) is 0. The van der Waals surface area contributed by atoms with Gasteiger partial charge in [0.05, 0.1) is 6.23 Å². The Balaban J connectivity index is 2.18. The van der Waals surface area contributed by atoms with E-state index in [0.717, 1.165) is 22.9 Å². The number of hydrogen-bond donors (Lipinski definition) is 1. The van der Waals surface area contributed by atoms with Crippen molar-refractivity contribution in [2.24, 2.45) is 5.92 Å². The fraction of sp³-hybridized carbons (Fsp3) is 1.00. The average molecular weight is 201 g/mol. The minimum atomic E-state index is 0.347. The predicted octanol–water partition coefficient (Wildman–Crippen LogP) is 1.19. The Bertz CT molecular complexity index is 123. The van der Waals surface area contributed by atoms with Crippen molar-refractivity contribution >= 4 is 10.5 Å². The first-order chi connectivity index (χ1) is 6.36. The average Bonchev–Trinajstić information content (AvgIpc) is 2.19. The van der Waals surface area contributed by atoms with Gasteiger partial charge in [-0.05, 0) is 18.9 Å². The molecule has 3 heteroatoms. The van der Waals surface area contributed by atoms with Crippen molar-refractivity contribution in [1.82, 2.24) is 5.32 Å². The molecule has 0 spiro atoms. The van der Waals surface area contributed by atoms with E-state index in [2.05, 4.69) is 12.2 Å². The van der Waals surface area contributed by atoms with Gasteiger partial charge in [-0.3, -0.25) is 5.32 Å². The Morgan fingerprint density at radius 1 is 1.38 bits per heavy atom. The Morgan fingerprint density at radius 3 is 2.62 bits per heavy atom. The Kier molecular flexibility index (Phi) is 5.67. The Hall–Kier alpha value is 0.137. The molecular formula is C10H23NOSi. The molecule has 0 aliphatic heterocycles. The van der Waals surface area contributed by atoms with E-state index < -0.39 is 0 Å². The van der Waals surface area contributed by atoms with Gasteiger partial charge < -0.3 is 4.43 Å². The van der Waals surface area contributed by atoms with E-state index in [1.807, 2.05) is 0 Å². The first-order valence-corrected chi connectivity index (χ1v) is 6.44. The summed E-state index contributed by atoms with van der Waals surface area (Å²) in [6.45, 7) is 3.17. The molecule has 0 aromatic carbocycles. The standard InChI is InChI=1S/C10H23NOSi/c1-2-11-10(12-13)8-9-6-4-3-5-7-9/h9-11H,2-8H2,1,13H3. The topological polar surface area (TPSA) is 21.3 Å². The van der Waals surface area contributed by atoms with Gasteiger partial charge >= 0.3 is 0 Å². The second-order valence-corrected chi connectivity index (χ2v) is 4.49. The fourth-order valence-corrected chi connectivity index (χ4v) is 2.58. The lowest BCUT2D eigenvalue weighted by molar-refractivity contribution is 0.135. The summed E-state index contributed by atoms with van der Waals surface area (Å²) in [7, 11) is 0.854. The monoisotopic (exact) mass is 201 g/mol. The third kappa shape index (κ3) is 4.25. The van der Waals surface area contributed by atoms with Gasteiger partial charge in [0.25, 0.3) is 0 Å². The van der Waals surface area contributed by atoms with E-state index in [9.17, 15) is 0 Å². The van der Waals surface area contributed by atoms with E-state index >= 15 is 0 Å². The van der Waals surface area contributed by atoms with Crippen LogP contribution in [0.5, 0.6) is 0 Å². The quantitative estimate of drug-likeness (QED) is 0.533.